The van der Waals surface area contributed by atoms with E-state index in [1.807, 2.05) is 11.8 Å². The van der Waals surface area contributed by atoms with Gasteiger partial charge in [-0.3, -0.25) is 4.79 Å². The molecule has 1 aromatic rings. The number of hydrogen-bond donors (Lipinski definition) is 1. The summed E-state index contributed by atoms with van der Waals surface area (Å²) in [5.74, 6) is 1.28. The molecular weight excluding hydrogens is 280 g/mol. The molecule has 5 nitrogen and oxygen atoms in total. The summed E-state index contributed by atoms with van der Waals surface area (Å²) in [5, 5.41) is 3.27. The molecule has 1 fully saturated rings. The maximum absolute atomic E-state index is 12.5. The molecule has 1 heterocycles. The Kier molecular flexibility index (Phi) is 6.10. The van der Waals surface area contributed by atoms with Crippen LogP contribution in [0.2, 0.25) is 0 Å². The Hall–Kier alpha value is -1.46. The van der Waals surface area contributed by atoms with Crippen LogP contribution in [0.25, 0.3) is 0 Å². The largest absolute Gasteiger partial charge is 0.497 e. The molecule has 1 atom stereocenters. The molecule has 0 spiro atoms. The van der Waals surface area contributed by atoms with Gasteiger partial charge in [0, 0.05) is 37.3 Å². The predicted octanol–water partition coefficient (Wildman–Crippen LogP) is 1.56. The molecule has 0 aromatic heterocycles. The van der Waals surface area contributed by atoms with Gasteiger partial charge in [0.2, 0.25) is 0 Å². The SMILES string of the molecule is COc1cc(OC)cc(C(=O)N2CCNC[C@@H]2C)c1.Cl. The zero-order valence-electron chi connectivity index (χ0n) is 12.0. The highest BCUT2D eigenvalue weighted by Crippen LogP contribution is 2.24. The number of methoxy groups -OCH3 is 2. The van der Waals surface area contributed by atoms with Gasteiger partial charge in [-0.25, -0.2) is 0 Å². The van der Waals surface area contributed by atoms with Crippen molar-refractivity contribution < 1.29 is 14.3 Å². The number of nitrogens with one attached hydrogen (secondary N) is 1. The zero-order chi connectivity index (χ0) is 13.8. The van der Waals surface area contributed by atoms with Gasteiger partial charge in [0.05, 0.1) is 14.2 Å². The van der Waals surface area contributed by atoms with Crippen molar-refractivity contribution in [3.8, 4) is 11.5 Å². The van der Waals surface area contributed by atoms with Crippen LogP contribution in [0.1, 0.15) is 17.3 Å². The van der Waals surface area contributed by atoms with Crippen LogP contribution in [0.3, 0.4) is 0 Å². The molecule has 20 heavy (non-hydrogen) atoms. The summed E-state index contributed by atoms with van der Waals surface area (Å²) >= 11 is 0. The summed E-state index contributed by atoms with van der Waals surface area (Å²) in [7, 11) is 3.16. The maximum Gasteiger partial charge on any atom is 0.254 e. The molecule has 1 aliphatic heterocycles. The third-order valence-corrected chi connectivity index (χ3v) is 3.36. The van der Waals surface area contributed by atoms with Crippen LogP contribution in [0, 0.1) is 0 Å². The van der Waals surface area contributed by atoms with Crippen molar-refractivity contribution >= 4 is 18.3 Å². The fourth-order valence-corrected chi connectivity index (χ4v) is 2.24. The lowest BCUT2D eigenvalue weighted by molar-refractivity contribution is 0.0655. The number of benzene rings is 1. The van der Waals surface area contributed by atoms with Gasteiger partial charge in [0.1, 0.15) is 11.5 Å². The number of halogens is 1. The van der Waals surface area contributed by atoms with Crippen LogP contribution < -0.4 is 14.8 Å². The summed E-state index contributed by atoms with van der Waals surface area (Å²) in [5.41, 5.74) is 0.602. The number of ether oxygens (including phenoxy) is 2. The van der Waals surface area contributed by atoms with Gasteiger partial charge in [-0.15, -0.1) is 12.4 Å². The summed E-state index contributed by atoms with van der Waals surface area (Å²) in [6, 6.07) is 5.45. The molecule has 0 saturated carbocycles. The van der Waals surface area contributed by atoms with Gasteiger partial charge in [0.25, 0.3) is 5.91 Å². The fraction of sp³-hybridized carbons (Fsp3) is 0.500. The molecule has 0 bridgehead atoms. The van der Waals surface area contributed by atoms with E-state index in [9.17, 15) is 4.79 Å². The quantitative estimate of drug-likeness (QED) is 0.920. The molecule has 0 unspecified atom stereocenters. The second-order valence-electron chi connectivity index (χ2n) is 4.65. The minimum atomic E-state index is 0. The number of nitrogens with zero attached hydrogens (tertiary/aromatic N) is 1. The molecule has 112 valence electrons. The van der Waals surface area contributed by atoms with E-state index in [2.05, 4.69) is 5.32 Å². The van der Waals surface area contributed by atoms with E-state index in [1.165, 1.54) is 0 Å². The molecule has 2 rings (SSSR count). The van der Waals surface area contributed by atoms with Crippen molar-refractivity contribution in [1.29, 1.82) is 0 Å². The van der Waals surface area contributed by atoms with Crippen molar-refractivity contribution in [3.63, 3.8) is 0 Å². The monoisotopic (exact) mass is 300 g/mol. The molecule has 6 heteroatoms. The van der Waals surface area contributed by atoms with Crippen LogP contribution in [-0.4, -0.2) is 50.7 Å². The first-order chi connectivity index (χ1) is 9.15. The first-order valence-electron chi connectivity index (χ1n) is 6.40. The van der Waals surface area contributed by atoms with Gasteiger partial charge < -0.3 is 19.7 Å². The van der Waals surface area contributed by atoms with Crippen LogP contribution in [0.5, 0.6) is 11.5 Å². The first-order valence-corrected chi connectivity index (χ1v) is 6.40. The predicted molar refractivity (Wildman–Crippen MR) is 80.2 cm³/mol. The molecule has 1 aliphatic rings. The highest BCUT2D eigenvalue weighted by Gasteiger charge is 2.24. The van der Waals surface area contributed by atoms with E-state index in [0.29, 0.717) is 17.1 Å². The van der Waals surface area contributed by atoms with Crippen molar-refractivity contribution in [2.45, 2.75) is 13.0 Å². The minimum absolute atomic E-state index is 0. The Morgan fingerprint density at radius 3 is 2.35 bits per heavy atom. The lowest BCUT2D eigenvalue weighted by atomic mass is 10.1. The second kappa shape index (κ2) is 7.36. The first kappa shape index (κ1) is 16.6. The normalized spacial score (nSPS) is 18.1. The number of piperazine rings is 1. The van der Waals surface area contributed by atoms with Crippen LogP contribution >= 0.6 is 12.4 Å². The molecule has 0 radical (unpaired) electrons. The van der Waals surface area contributed by atoms with Gasteiger partial charge >= 0.3 is 0 Å². The lowest BCUT2D eigenvalue weighted by Crippen LogP contribution is -2.52. The van der Waals surface area contributed by atoms with E-state index >= 15 is 0 Å². The Balaban J connectivity index is 0.00000200. The smallest absolute Gasteiger partial charge is 0.254 e. The molecule has 1 N–H and O–H groups in total. The van der Waals surface area contributed by atoms with Crippen molar-refractivity contribution in [3.05, 3.63) is 23.8 Å². The van der Waals surface area contributed by atoms with Gasteiger partial charge in [-0.05, 0) is 19.1 Å². The Labute approximate surface area is 125 Å². The summed E-state index contributed by atoms with van der Waals surface area (Å²) in [6.07, 6.45) is 0. The zero-order valence-corrected chi connectivity index (χ0v) is 12.8. The number of hydrogen-bond acceptors (Lipinski definition) is 4. The maximum atomic E-state index is 12.5. The summed E-state index contributed by atoms with van der Waals surface area (Å²) in [6.45, 7) is 4.42. The standard InChI is InChI=1S/C14H20N2O3.ClH/c1-10-9-15-4-5-16(10)14(17)11-6-12(18-2)8-13(7-11)19-3;/h6-8,10,15H,4-5,9H2,1-3H3;1H/t10-;/m0./s1. The van der Waals surface area contributed by atoms with Crippen LogP contribution in [0.4, 0.5) is 0 Å². The van der Waals surface area contributed by atoms with Crippen LogP contribution in [0.15, 0.2) is 18.2 Å². The van der Waals surface area contributed by atoms with E-state index in [4.69, 9.17) is 9.47 Å². The number of rotatable bonds is 3. The third kappa shape index (κ3) is 3.55. The fourth-order valence-electron chi connectivity index (χ4n) is 2.24. The second-order valence-corrected chi connectivity index (χ2v) is 4.65. The van der Waals surface area contributed by atoms with Crippen molar-refractivity contribution in [2.75, 3.05) is 33.9 Å². The van der Waals surface area contributed by atoms with E-state index in [0.717, 1.165) is 19.6 Å². The highest BCUT2D eigenvalue weighted by atomic mass is 35.5. The van der Waals surface area contributed by atoms with Crippen LogP contribution in [-0.2, 0) is 0 Å². The molecule has 1 amide bonds. The van der Waals surface area contributed by atoms with E-state index in [1.54, 1.807) is 32.4 Å². The lowest BCUT2D eigenvalue weighted by Gasteiger charge is -2.34. The number of amides is 1. The molecule has 1 aromatic carbocycles. The third-order valence-electron chi connectivity index (χ3n) is 3.36. The van der Waals surface area contributed by atoms with E-state index < -0.39 is 0 Å². The van der Waals surface area contributed by atoms with Crippen molar-refractivity contribution in [1.82, 2.24) is 10.2 Å². The number of carbonyl (C=O) groups is 1. The number of carbonyl (C=O) groups excluding carboxylic acids is 1. The highest BCUT2D eigenvalue weighted by molar-refractivity contribution is 5.95. The minimum Gasteiger partial charge on any atom is -0.497 e. The topological polar surface area (TPSA) is 50.8 Å². The van der Waals surface area contributed by atoms with Gasteiger partial charge in [0.15, 0.2) is 0 Å². The Morgan fingerprint density at radius 2 is 1.85 bits per heavy atom. The summed E-state index contributed by atoms with van der Waals surface area (Å²) < 4.78 is 10.4. The van der Waals surface area contributed by atoms with Crippen molar-refractivity contribution in [2.24, 2.45) is 0 Å². The molecule has 0 aliphatic carbocycles. The summed E-state index contributed by atoms with van der Waals surface area (Å²) in [4.78, 5) is 14.4. The molecular formula is C14H21ClN2O3. The Bertz CT molecular complexity index is 445. The average molecular weight is 301 g/mol. The molecule has 1 saturated heterocycles. The Morgan fingerprint density at radius 1 is 1.25 bits per heavy atom. The van der Waals surface area contributed by atoms with E-state index in [-0.39, 0.29) is 24.4 Å². The van der Waals surface area contributed by atoms with Gasteiger partial charge in [-0.2, -0.15) is 0 Å². The average Bonchev–Trinajstić information content (AvgIpc) is 2.46. The van der Waals surface area contributed by atoms with Gasteiger partial charge in [-0.1, -0.05) is 0 Å².